The van der Waals surface area contributed by atoms with Gasteiger partial charge >= 0.3 is 12.0 Å². The minimum absolute atomic E-state index is 0.0662. The summed E-state index contributed by atoms with van der Waals surface area (Å²) >= 11 is 0. The standard InChI is InChI=1S/C39H46F2N2O4/c1-5-7-8-9-12-23-43(38(45)42-36-21-20-33(40)27-35(36)41)24-22-29-14-13-17-34(25-29)47-39(4,6-2)37(44)46-28(3)31-19-18-30-15-10-11-16-32(30)26-31/h10-11,13-21,25-28H,5-9,12,22-24H2,1-4H3,(H,42,45). The van der Waals surface area contributed by atoms with Crippen LogP contribution in [-0.4, -0.2) is 35.6 Å². The van der Waals surface area contributed by atoms with Crippen LogP contribution in [0.25, 0.3) is 10.8 Å². The van der Waals surface area contributed by atoms with Crippen LogP contribution in [0.1, 0.15) is 83.5 Å². The quantitative estimate of drug-likeness (QED) is 0.0974. The number of carbonyl (C=O) groups is 2. The number of rotatable bonds is 16. The number of hydrogen-bond donors (Lipinski definition) is 1. The number of carbonyl (C=O) groups excluding carboxylic acids is 2. The van der Waals surface area contributed by atoms with Crippen molar-refractivity contribution in [1.82, 2.24) is 4.90 Å². The topological polar surface area (TPSA) is 67.9 Å². The number of unbranched alkanes of at least 4 members (excludes halogenated alkanes) is 4. The Kier molecular flexibility index (Phi) is 12.7. The Hall–Kier alpha value is -4.46. The molecule has 0 radical (unpaired) electrons. The van der Waals surface area contributed by atoms with Gasteiger partial charge in [-0.25, -0.2) is 18.4 Å². The molecule has 0 saturated heterocycles. The Morgan fingerprint density at radius 3 is 2.36 bits per heavy atom. The van der Waals surface area contributed by atoms with E-state index in [1.807, 2.05) is 74.5 Å². The molecule has 0 fully saturated rings. The average Bonchev–Trinajstić information content (AvgIpc) is 3.07. The predicted molar refractivity (Wildman–Crippen MR) is 184 cm³/mol. The lowest BCUT2D eigenvalue weighted by Crippen LogP contribution is -2.42. The van der Waals surface area contributed by atoms with E-state index in [0.717, 1.165) is 66.1 Å². The number of benzene rings is 4. The molecule has 4 rings (SSSR count). The van der Waals surface area contributed by atoms with Gasteiger partial charge in [-0.1, -0.05) is 88.1 Å². The molecule has 0 aliphatic heterocycles. The number of halogens is 2. The number of urea groups is 1. The van der Waals surface area contributed by atoms with E-state index >= 15 is 0 Å². The number of ether oxygens (including phenoxy) is 2. The largest absolute Gasteiger partial charge is 0.476 e. The zero-order valence-electron chi connectivity index (χ0n) is 27.9. The Morgan fingerprint density at radius 2 is 1.62 bits per heavy atom. The second kappa shape index (κ2) is 16.9. The van der Waals surface area contributed by atoms with Gasteiger partial charge in [0.05, 0.1) is 5.69 Å². The van der Waals surface area contributed by atoms with Gasteiger partial charge in [-0.2, -0.15) is 0 Å². The highest BCUT2D eigenvalue weighted by Crippen LogP contribution is 2.28. The summed E-state index contributed by atoms with van der Waals surface area (Å²) in [5, 5.41) is 4.79. The first-order chi connectivity index (χ1) is 22.6. The molecule has 4 aromatic carbocycles. The first kappa shape index (κ1) is 35.4. The number of nitrogens with one attached hydrogen (secondary N) is 1. The zero-order valence-corrected chi connectivity index (χ0v) is 27.9. The molecule has 0 aliphatic rings. The fourth-order valence-electron chi connectivity index (χ4n) is 5.37. The van der Waals surface area contributed by atoms with Crippen LogP contribution in [0.4, 0.5) is 19.3 Å². The molecule has 0 saturated carbocycles. The van der Waals surface area contributed by atoms with Gasteiger partial charge in [0.2, 0.25) is 5.60 Å². The highest BCUT2D eigenvalue weighted by Gasteiger charge is 2.37. The van der Waals surface area contributed by atoms with Crippen LogP contribution in [0, 0.1) is 11.6 Å². The maximum absolute atomic E-state index is 14.3. The Morgan fingerprint density at radius 1 is 0.851 bits per heavy atom. The molecule has 250 valence electrons. The molecule has 1 N–H and O–H groups in total. The van der Waals surface area contributed by atoms with E-state index in [9.17, 15) is 18.4 Å². The van der Waals surface area contributed by atoms with Gasteiger partial charge in [-0.3, -0.25) is 0 Å². The van der Waals surface area contributed by atoms with Crippen molar-refractivity contribution in [3.05, 3.63) is 108 Å². The first-order valence-corrected chi connectivity index (χ1v) is 16.6. The molecule has 8 heteroatoms. The highest BCUT2D eigenvalue weighted by molar-refractivity contribution is 5.89. The molecule has 0 spiro atoms. The number of nitrogens with zero attached hydrogens (tertiary/aromatic N) is 1. The second-order valence-corrected chi connectivity index (χ2v) is 12.2. The van der Waals surface area contributed by atoms with E-state index in [4.69, 9.17) is 9.47 Å². The molecule has 2 unspecified atom stereocenters. The van der Waals surface area contributed by atoms with Gasteiger partial charge in [0.1, 0.15) is 23.5 Å². The van der Waals surface area contributed by atoms with Gasteiger partial charge in [-0.05, 0) is 85.3 Å². The van der Waals surface area contributed by atoms with Gasteiger partial charge < -0.3 is 19.7 Å². The lowest BCUT2D eigenvalue weighted by atomic mass is 10.0. The molecule has 2 amide bonds. The summed E-state index contributed by atoms with van der Waals surface area (Å²) < 4.78 is 39.9. The number of amides is 2. The predicted octanol–water partition coefficient (Wildman–Crippen LogP) is 10.0. The smallest absolute Gasteiger partial charge is 0.350 e. The fourth-order valence-corrected chi connectivity index (χ4v) is 5.37. The van der Waals surface area contributed by atoms with Crippen molar-refractivity contribution in [2.24, 2.45) is 0 Å². The second-order valence-electron chi connectivity index (χ2n) is 12.2. The van der Waals surface area contributed by atoms with Crippen LogP contribution in [0.5, 0.6) is 5.75 Å². The van der Waals surface area contributed by atoms with Crippen molar-refractivity contribution >= 4 is 28.5 Å². The Labute approximate surface area is 277 Å². The molecular weight excluding hydrogens is 598 g/mol. The molecule has 47 heavy (non-hydrogen) atoms. The third kappa shape index (κ3) is 10.0. The van der Waals surface area contributed by atoms with Crippen molar-refractivity contribution in [2.75, 3.05) is 18.4 Å². The van der Waals surface area contributed by atoms with E-state index in [0.29, 0.717) is 31.7 Å². The minimum Gasteiger partial charge on any atom is -0.476 e. The van der Waals surface area contributed by atoms with E-state index < -0.39 is 35.3 Å². The number of anilines is 1. The van der Waals surface area contributed by atoms with Gasteiger partial charge in [0, 0.05) is 19.2 Å². The molecule has 6 nitrogen and oxygen atoms in total. The summed E-state index contributed by atoms with van der Waals surface area (Å²) in [6.45, 7) is 8.50. The van der Waals surface area contributed by atoms with Crippen LogP contribution >= 0.6 is 0 Å². The normalized spacial score (nSPS) is 13.1. The Bertz CT molecular complexity index is 1640. The minimum atomic E-state index is -1.21. The number of hydrogen-bond acceptors (Lipinski definition) is 4. The van der Waals surface area contributed by atoms with Gasteiger partial charge in [0.25, 0.3) is 0 Å². The average molecular weight is 645 g/mol. The summed E-state index contributed by atoms with van der Waals surface area (Å²) in [5.74, 6) is -1.46. The highest BCUT2D eigenvalue weighted by atomic mass is 19.1. The van der Waals surface area contributed by atoms with E-state index in [1.54, 1.807) is 17.9 Å². The summed E-state index contributed by atoms with van der Waals surface area (Å²) in [6.07, 6.45) is 5.57. The van der Waals surface area contributed by atoms with Crippen LogP contribution in [-0.2, 0) is 16.0 Å². The van der Waals surface area contributed by atoms with Crippen LogP contribution in [0.15, 0.2) is 84.9 Å². The van der Waals surface area contributed by atoms with Crippen molar-refractivity contribution < 1.29 is 27.8 Å². The summed E-state index contributed by atoms with van der Waals surface area (Å²) in [7, 11) is 0. The monoisotopic (exact) mass is 644 g/mol. The third-order valence-electron chi connectivity index (χ3n) is 8.54. The fraction of sp³-hybridized carbons (Fsp3) is 0.385. The van der Waals surface area contributed by atoms with E-state index in [1.165, 1.54) is 6.07 Å². The first-order valence-electron chi connectivity index (χ1n) is 16.6. The van der Waals surface area contributed by atoms with Crippen LogP contribution in [0.3, 0.4) is 0 Å². The maximum atomic E-state index is 14.3. The molecular formula is C39H46F2N2O4. The lowest BCUT2D eigenvalue weighted by Gasteiger charge is -2.29. The molecule has 2 atom stereocenters. The van der Waals surface area contributed by atoms with Crippen molar-refractivity contribution in [2.45, 2.75) is 84.3 Å². The summed E-state index contributed by atoms with van der Waals surface area (Å²) in [5.41, 5.74) is 0.533. The molecule has 0 heterocycles. The van der Waals surface area contributed by atoms with Gasteiger partial charge in [0.15, 0.2) is 0 Å². The van der Waals surface area contributed by atoms with Crippen LogP contribution in [0.2, 0.25) is 0 Å². The van der Waals surface area contributed by atoms with Crippen molar-refractivity contribution in [3.8, 4) is 5.75 Å². The van der Waals surface area contributed by atoms with Crippen molar-refractivity contribution in [3.63, 3.8) is 0 Å². The number of esters is 1. The van der Waals surface area contributed by atoms with E-state index in [2.05, 4.69) is 12.2 Å². The third-order valence-corrected chi connectivity index (χ3v) is 8.54. The lowest BCUT2D eigenvalue weighted by molar-refractivity contribution is -0.166. The zero-order chi connectivity index (χ0) is 33.8. The molecule has 0 aliphatic carbocycles. The van der Waals surface area contributed by atoms with E-state index in [-0.39, 0.29) is 5.69 Å². The summed E-state index contributed by atoms with van der Waals surface area (Å²) in [4.78, 5) is 28.3. The number of fused-ring (bicyclic) bond motifs is 1. The maximum Gasteiger partial charge on any atom is 0.350 e. The van der Waals surface area contributed by atoms with Crippen molar-refractivity contribution in [1.29, 1.82) is 0 Å². The SMILES string of the molecule is CCCCCCCN(CCc1cccc(OC(C)(CC)C(=O)OC(C)c2ccc3ccccc3c2)c1)C(=O)Nc1ccc(F)cc1F. The molecule has 0 bridgehead atoms. The molecule has 0 aromatic heterocycles. The van der Waals surface area contributed by atoms with Crippen LogP contribution < -0.4 is 10.1 Å². The Balaban J connectivity index is 1.40. The summed E-state index contributed by atoms with van der Waals surface area (Å²) in [6, 6.07) is 24.2. The molecule has 4 aromatic rings. The van der Waals surface area contributed by atoms with Gasteiger partial charge in [-0.15, -0.1) is 0 Å².